The monoisotopic (exact) mass is 302 g/mol. The van der Waals surface area contributed by atoms with E-state index in [-0.39, 0.29) is 23.0 Å². The molecule has 0 unspecified atom stereocenters. The van der Waals surface area contributed by atoms with E-state index in [4.69, 9.17) is 4.74 Å². The Hall–Kier alpha value is -0.700. The highest BCUT2D eigenvalue weighted by Gasteiger charge is 2.69. The summed E-state index contributed by atoms with van der Waals surface area (Å²) in [4.78, 5) is 24.5. The lowest BCUT2D eigenvalue weighted by molar-refractivity contribution is -0.141. The van der Waals surface area contributed by atoms with Crippen molar-refractivity contribution in [2.45, 2.75) is 71.0 Å². The van der Waals surface area contributed by atoms with E-state index in [1.165, 1.54) is 6.42 Å². The zero-order valence-corrected chi connectivity index (χ0v) is 13.6. The Labute approximate surface area is 132 Å². The first-order valence-electron chi connectivity index (χ1n) is 9.17. The SMILES string of the molecule is C[C@]12[C@@H](CC[C@@H]3[C@H]1CC[C@]1(C)C(=O)CC[C@@H]31)CC(=O)[C@@H]1O[C@@H]12. The van der Waals surface area contributed by atoms with Gasteiger partial charge in [0.1, 0.15) is 11.9 Å². The van der Waals surface area contributed by atoms with Gasteiger partial charge in [0.2, 0.25) is 0 Å². The van der Waals surface area contributed by atoms with Crippen LogP contribution in [0.1, 0.15) is 58.8 Å². The predicted molar refractivity (Wildman–Crippen MR) is 81.2 cm³/mol. The number of epoxide rings is 1. The molecular formula is C19H26O3. The van der Waals surface area contributed by atoms with Gasteiger partial charge in [-0.3, -0.25) is 9.59 Å². The van der Waals surface area contributed by atoms with Crippen LogP contribution in [0.4, 0.5) is 0 Å². The molecule has 1 heterocycles. The smallest absolute Gasteiger partial charge is 0.164 e. The Morgan fingerprint density at radius 1 is 1.05 bits per heavy atom. The van der Waals surface area contributed by atoms with Gasteiger partial charge in [-0.05, 0) is 55.8 Å². The van der Waals surface area contributed by atoms with E-state index in [9.17, 15) is 9.59 Å². The average Bonchev–Trinajstić information content (AvgIpc) is 3.24. The summed E-state index contributed by atoms with van der Waals surface area (Å²) in [6.07, 6.45) is 7.35. The van der Waals surface area contributed by atoms with Crippen LogP contribution >= 0.6 is 0 Å². The topological polar surface area (TPSA) is 46.7 Å². The second-order valence-electron chi connectivity index (χ2n) is 9.08. The summed E-state index contributed by atoms with van der Waals surface area (Å²) in [5.41, 5.74) is 0.146. The first kappa shape index (κ1) is 13.7. The van der Waals surface area contributed by atoms with E-state index in [1.54, 1.807) is 0 Å². The lowest BCUT2D eigenvalue weighted by atomic mass is 9.45. The number of fused-ring (bicyclic) bond motifs is 7. The van der Waals surface area contributed by atoms with Crippen molar-refractivity contribution in [2.75, 3.05) is 0 Å². The van der Waals surface area contributed by atoms with Crippen LogP contribution in [0, 0.1) is 34.5 Å². The van der Waals surface area contributed by atoms with Crippen molar-refractivity contribution in [1.82, 2.24) is 0 Å². The molecule has 0 amide bonds. The van der Waals surface area contributed by atoms with Gasteiger partial charge in [-0.15, -0.1) is 0 Å². The quantitative estimate of drug-likeness (QED) is 0.646. The predicted octanol–water partition coefficient (Wildman–Crippen LogP) is 3.15. The molecule has 0 N–H and O–H groups in total. The van der Waals surface area contributed by atoms with Crippen LogP contribution < -0.4 is 0 Å². The first-order valence-corrected chi connectivity index (χ1v) is 9.17. The van der Waals surface area contributed by atoms with Gasteiger partial charge in [-0.25, -0.2) is 0 Å². The second kappa shape index (κ2) is 4.03. The Balaban J connectivity index is 1.51. The number of ether oxygens (including phenoxy) is 1. The lowest BCUT2D eigenvalue weighted by Gasteiger charge is -2.58. The zero-order chi connectivity index (χ0) is 15.3. The molecule has 0 aromatic heterocycles. The zero-order valence-electron chi connectivity index (χ0n) is 13.6. The Bertz CT molecular complexity index is 569. The molecule has 5 fully saturated rings. The maximum absolute atomic E-state index is 12.4. The van der Waals surface area contributed by atoms with Crippen LogP contribution in [0.5, 0.6) is 0 Å². The minimum Gasteiger partial charge on any atom is -0.361 e. The van der Waals surface area contributed by atoms with Gasteiger partial charge in [0.25, 0.3) is 0 Å². The van der Waals surface area contributed by atoms with Crippen LogP contribution in [0.25, 0.3) is 0 Å². The third-order valence-corrected chi connectivity index (χ3v) is 8.54. The van der Waals surface area contributed by atoms with Gasteiger partial charge in [-0.2, -0.15) is 0 Å². The van der Waals surface area contributed by atoms with Crippen molar-refractivity contribution in [2.24, 2.45) is 34.5 Å². The summed E-state index contributed by atoms with van der Waals surface area (Å²) < 4.78 is 5.85. The molecule has 22 heavy (non-hydrogen) atoms. The Morgan fingerprint density at radius 2 is 1.86 bits per heavy atom. The molecule has 3 nitrogen and oxygen atoms in total. The van der Waals surface area contributed by atoms with E-state index in [2.05, 4.69) is 13.8 Å². The summed E-state index contributed by atoms with van der Waals surface area (Å²) in [6.45, 7) is 4.64. The van der Waals surface area contributed by atoms with E-state index >= 15 is 0 Å². The van der Waals surface area contributed by atoms with Crippen LogP contribution in [-0.2, 0) is 14.3 Å². The maximum Gasteiger partial charge on any atom is 0.164 e. The van der Waals surface area contributed by atoms with Gasteiger partial charge in [-0.1, -0.05) is 13.8 Å². The standard InChI is InChI=1S/C19H26O3/c1-18-8-7-13-11(12(18)5-6-15(18)21)4-3-10-9-14(20)16-17(22-16)19(10,13)2/h10-13,16-17H,3-9H2,1-2H3/t10-,11-,12-,13+,16-,17-,18-,19-/m0/s1. The van der Waals surface area contributed by atoms with E-state index < -0.39 is 0 Å². The molecule has 0 bridgehead atoms. The minimum absolute atomic E-state index is 0.0430. The Kier molecular flexibility index (Phi) is 2.51. The van der Waals surface area contributed by atoms with E-state index in [0.717, 1.165) is 38.5 Å². The molecule has 3 heteroatoms. The molecule has 4 aliphatic carbocycles. The molecule has 4 saturated carbocycles. The summed E-state index contributed by atoms with van der Waals surface area (Å²) in [7, 11) is 0. The number of carbonyl (C=O) groups is 2. The van der Waals surface area contributed by atoms with Crippen LogP contribution in [0.15, 0.2) is 0 Å². The number of carbonyl (C=O) groups excluding carboxylic acids is 2. The Morgan fingerprint density at radius 3 is 2.68 bits per heavy atom. The molecule has 0 radical (unpaired) electrons. The number of ketones is 2. The van der Waals surface area contributed by atoms with E-state index in [1.807, 2.05) is 0 Å². The van der Waals surface area contributed by atoms with Crippen LogP contribution in [-0.4, -0.2) is 23.8 Å². The van der Waals surface area contributed by atoms with Crippen molar-refractivity contribution in [3.05, 3.63) is 0 Å². The number of Topliss-reactive ketones (excluding diaryl/α,β-unsaturated/α-hetero) is 2. The van der Waals surface area contributed by atoms with Crippen molar-refractivity contribution in [1.29, 1.82) is 0 Å². The van der Waals surface area contributed by atoms with Crippen LogP contribution in [0.2, 0.25) is 0 Å². The average molecular weight is 302 g/mol. The molecule has 120 valence electrons. The third-order valence-electron chi connectivity index (χ3n) is 8.54. The van der Waals surface area contributed by atoms with Crippen molar-refractivity contribution in [3.63, 3.8) is 0 Å². The molecular weight excluding hydrogens is 276 g/mol. The summed E-state index contributed by atoms with van der Waals surface area (Å²) in [6, 6.07) is 0. The fourth-order valence-electron chi connectivity index (χ4n) is 7.20. The molecule has 5 rings (SSSR count). The van der Waals surface area contributed by atoms with Gasteiger partial charge >= 0.3 is 0 Å². The molecule has 0 aromatic rings. The molecule has 0 aromatic carbocycles. The number of hydrogen-bond donors (Lipinski definition) is 0. The molecule has 8 atom stereocenters. The minimum atomic E-state index is -0.0847. The molecule has 0 spiro atoms. The molecule has 1 aliphatic heterocycles. The fourth-order valence-corrected chi connectivity index (χ4v) is 7.20. The highest BCUT2D eigenvalue weighted by molar-refractivity contribution is 5.88. The van der Waals surface area contributed by atoms with Crippen molar-refractivity contribution in [3.8, 4) is 0 Å². The second-order valence-corrected chi connectivity index (χ2v) is 9.08. The lowest BCUT2D eigenvalue weighted by Crippen LogP contribution is -2.56. The highest BCUT2D eigenvalue weighted by atomic mass is 16.6. The van der Waals surface area contributed by atoms with Gasteiger partial charge in [0.15, 0.2) is 5.78 Å². The molecule has 5 aliphatic rings. The van der Waals surface area contributed by atoms with Crippen molar-refractivity contribution < 1.29 is 14.3 Å². The van der Waals surface area contributed by atoms with Crippen LogP contribution in [0.3, 0.4) is 0 Å². The maximum atomic E-state index is 12.4. The summed E-state index contributed by atoms with van der Waals surface area (Å²) in [5.74, 6) is 3.32. The van der Waals surface area contributed by atoms with Crippen molar-refractivity contribution >= 4 is 11.6 Å². The van der Waals surface area contributed by atoms with Gasteiger partial charge in [0, 0.05) is 23.7 Å². The summed E-state index contributed by atoms with van der Waals surface area (Å²) in [5, 5.41) is 0. The third kappa shape index (κ3) is 1.43. The van der Waals surface area contributed by atoms with Gasteiger partial charge in [0.05, 0.1) is 6.10 Å². The first-order chi connectivity index (χ1) is 10.5. The normalized spacial score (nSPS) is 59.4. The largest absolute Gasteiger partial charge is 0.361 e. The number of rotatable bonds is 0. The van der Waals surface area contributed by atoms with E-state index in [0.29, 0.717) is 35.2 Å². The van der Waals surface area contributed by atoms with Gasteiger partial charge < -0.3 is 4.74 Å². The summed E-state index contributed by atoms with van der Waals surface area (Å²) >= 11 is 0. The fraction of sp³-hybridized carbons (Fsp3) is 0.895. The number of hydrogen-bond acceptors (Lipinski definition) is 3. The highest BCUT2D eigenvalue weighted by Crippen LogP contribution is 2.67. The molecule has 1 saturated heterocycles.